The highest BCUT2D eigenvalue weighted by Crippen LogP contribution is 2.32. The first-order valence-corrected chi connectivity index (χ1v) is 6.96. The summed E-state index contributed by atoms with van der Waals surface area (Å²) in [6.07, 6.45) is 0. The SMILES string of the molecule is COc1cc(C)c(C(CO)NC(C)C)cc1C(C)C. The lowest BCUT2D eigenvalue weighted by Gasteiger charge is -2.24. The van der Waals surface area contributed by atoms with E-state index in [9.17, 15) is 5.11 Å². The first-order chi connectivity index (χ1) is 8.90. The molecule has 0 aliphatic rings. The van der Waals surface area contributed by atoms with Gasteiger partial charge in [-0.05, 0) is 41.7 Å². The molecule has 19 heavy (non-hydrogen) atoms. The van der Waals surface area contributed by atoms with Crippen LogP contribution >= 0.6 is 0 Å². The molecule has 1 atom stereocenters. The first kappa shape index (κ1) is 16.0. The third-order valence-corrected chi connectivity index (χ3v) is 3.33. The molecule has 2 N–H and O–H groups in total. The molecule has 0 saturated carbocycles. The van der Waals surface area contributed by atoms with Gasteiger partial charge in [-0.15, -0.1) is 0 Å². The quantitative estimate of drug-likeness (QED) is 0.830. The van der Waals surface area contributed by atoms with Crippen LogP contribution < -0.4 is 10.1 Å². The Hall–Kier alpha value is -1.06. The molecule has 0 aliphatic carbocycles. The highest BCUT2D eigenvalue weighted by Gasteiger charge is 2.18. The van der Waals surface area contributed by atoms with E-state index in [1.165, 1.54) is 5.56 Å². The van der Waals surface area contributed by atoms with Gasteiger partial charge in [0.25, 0.3) is 0 Å². The van der Waals surface area contributed by atoms with Crippen molar-refractivity contribution in [2.45, 2.75) is 52.6 Å². The smallest absolute Gasteiger partial charge is 0.122 e. The number of aliphatic hydroxyl groups excluding tert-OH is 1. The molecule has 3 heteroatoms. The minimum atomic E-state index is -0.0246. The summed E-state index contributed by atoms with van der Waals surface area (Å²) in [5.41, 5.74) is 3.49. The van der Waals surface area contributed by atoms with Crippen molar-refractivity contribution in [1.29, 1.82) is 0 Å². The molecule has 0 saturated heterocycles. The molecule has 1 unspecified atom stereocenters. The normalized spacial score (nSPS) is 13.1. The van der Waals surface area contributed by atoms with Crippen molar-refractivity contribution in [1.82, 2.24) is 5.32 Å². The zero-order valence-corrected chi connectivity index (χ0v) is 12.9. The Bertz CT molecular complexity index is 413. The Labute approximate surface area is 117 Å². The van der Waals surface area contributed by atoms with E-state index in [-0.39, 0.29) is 12.6 Å². The summed E-state index contributed by atoms with van der Waals surface area (Å²) in [5.74, 6) is 1.32. The fourth-order valence-corrected chi connectivity index (χ4v) is 2.36. The molecule has 0 fully saturated rings. The van der Waals surface area contributed by atoms with Crippen LogP contribution in [0.25, 0.3) is 0 Å². The predicted molar refractivity (Wildman–Crippen MR) is 79.9 cm³/mol. The highest BCUT2D eigenvalue weighted by molar-refractivity contribution is 5.45. The molecule has 1 aromatic rings. The third kappa shape index (κ3) is 3.95. The van der Waals surface area contributed by atoms with Gasteiger partial charge < -0.3 is 15.2 Å². The van der Waals surface area contributed by atoms with Gasteiger partial charge in [0.05, 0.1) is 19.8 Å². The number of hydrogen-bond donors (Lipinski definition) is 2. The zero-order chi connectivity index (χ0) is 14.6. The number of methoxy groups -OCH3 is 1. The maximum Gasteiger partial charge on any atom is 0.122 e. The van der Waals surface area contributed by atoms with E-state index in [4.69, 9.17) is 4.74 Å². The summed E-state index contributed by atoms with van der Waals surface area (Å²) in [5, 5.41) is 13.0. The lowest BCUT2D eigenvalue weighted by molar-refractivity contribution is 0.236. The van der Waals surface area contributed by atoms with Gasteiger partial charge in [0.1, 0.15) is 5.75 Å². The summed E-state index contributed by atoms with van der Waals surface area (Å²) in [4.78, 5) is 0. The molecule has 0 spiro atoms. The number of aryl methyl sites for hydroxylation is 1. The van der Waals surface area contributed by atoms with Crippen LogP contribution in [0.1, 0.15) is 56.3 Å². The van der Waals surface area contributed by atoms with Crippen LogP contribution in [0, 0.1) is 6.92 Å². The summed E-state index contributed by atoms with van der Waals surface area (Å²) >= 11 is 0. The Morgan fingerprint density at radius 3 is 2.21 bits per heavy atom. The lowest BCUT2D eigenvalue weighted by Crippen LogP contribution is -2.31. The fourth-order valence-electron chi connectivity index (χ4n) is 2.36. The second-order valence-electron chi connectivity index (χ2n) is 5.66. The summed E-state index contributed by atoms with van der Waals surface area (Å²) in [6, 6.07) is 4.54. The van der Waals surface area contributed by atoms with Gasteiger partial charge in [-0.2, -0.15) is 0 Å². The van der Waals surface area contributed by atoms with Gasteiger partial charge >= 0.3 is 0 Å². The van der Waals surface area contributed by atoms with Crippen LogP contribution in [0.3, 0.4) is 0 Å². The molecule has 0 amide bonds. The maximum absolute atomic E-state index is 9.62. The van der Waals surface area contributed by atoms with Crippen LogP contribution in [0.5, 0.6) is 5.75 Å². The molecule has 0 aliphatic heterocycles. The lowest BCUT2D eigenvalue weighted by atomic mass is 9.93. The molecule has 0 aromatic heterocycles. The Balaban J connectivity index is 3.22. The van der Waals surface area contributed by atoms with Crippen molar-refractivity contribution in [3.8, 4) is 5.75 Å². The van der Waals surface area contributed by atoms with Crippen molar-refractivity contribution in [3.05, 3.63) is 28.8 Å². The van der Waals surface area contributed by atoms with Crippen LogP contribution in [0.15, 0.2) is 12.1 Å². The number of hydrogen-bond acceptors (Lipinski definition) is 3. The number of rotatable bonds is 6. The second kappa shape index (κ2) is 6.92. The van der Waals surface area contributed by atoms with Crippen LogP contribution in [0.2, 0.25) is 0 Å². The van der Waals surface area contributed by atoms with E-state index in [1.807, 2.05) is 0 Å². The van der Waals surface area contributed by atoms with Crippen LogP contribution in [0.4, 0.5) is 0 Å². The standard InChI is InChI=1S/C16H27NO2/c1-10(2)13-8-14(12(5)7-16(13)19-6)15(9-18)17-11(3)4/h7-8,10-11,15,17-18H,9H2,1-6H3. The summed E-state index contributed by atoms with van der Waals surface area (Å²) in [7, 11) is 1.70. The Kier molecular flexibility index (Phi) is 5.83. The fraction of sp³-hybridized carbons (Fsp3) is 0.625. The molecule has 0 radical (unpaired) electrons. The van der Waals surface area contributed by atoms with E-state index < -0.39 is 0 Å². The molecule has 3 nitrogen and oxygen atoms in total. The van der Waals surface area contributed by atoms with Crippen molar-refractivity contribution in [2.24, 2.45) is 0 Å². The van der Waals surface area contributed by atoms with Crippen molar-refractivity contribution >= 4 is 0 Å². The van der Waals surface area contributed by atoms with Gasteiger partial charge in [-0.25, -0.2) is 0 Å². The van der Waals surface area contributed by atoms with E-state index in [0.717, 1.165) is 16.9 Å². The number of nitrogens with one attached hydrogen (secondary N) is 1. The minimum Gasteiger partial charge on any atom is -0.496 e. The van der Waals surface area contributed by atoms with E-state index in [1.54, 1.807) is 7.11 Å². The minimum absolute atomic E-state index is 0.0246. The second-order valence-corrected chi connectivity index (χ2v) is 5.66. The van der Waals surface area contributed by atoms with E-state index in [2.05, 4.69) is 52.1 Å². The van der Waals surface area contributed by atoms with Gasteiger partial charge in [0.2, 0.25) is 0 Å². The van der Waals surface area contributed by atoms with E-state index in [0.29, 0.717) is 12.0 Å². The monoisotopic (exact) mass is 265 g/mol. The average Bonchev–Trinajstić information content (AvgIpc) is 2.35. The van der Waals surface area contributed by atoms with Gasteiger partial charge in [-0.1, -0.05) is 27.7 Å². The number of aliphatic hydroxyl groups is 1. The molecule has 0 heterocycles. The molecular weight excluding hydrogens is 238 g/mol. The topological polar surface area (TPSA) is 41.5 Å². The van der Waals surface area contributed by atoms with Crippen molar-refractivity contribution < 1.29 is 9.84 Å². The average molecular weight is 265 g/mol. The molecule has 1 rings (SSSR count). The third-order valence-electron chi connectivity index (χ3n) is 3.33. The summed E-state index contributed by atoms with van der Waals surface area (Å²) < 4.78 is 5.45. The largest absolute Gasteiger partial charge is 0.496 e. The Morgan fingerprint density at radius 1 is 1.16 bits per heavy atom. The number of benzene rings is 1. The molecule has 1 aromatic carbocycles. The van der Waals surface area contributed by atoms with Gasteiger partial charge in [0.15, 0.2) is 0 Å². The maximum atomic E-state index is 9.62. The molecule has 0 bridgehead atoms. The van der Waals surface area contributed by atoms with Crippen molar-refractivity contribution in [3.63, 3.8) is 0 Å². The first-order valence-electron chi connectivity index (χ1n) is 6.96. The highest BCUT2D eigenvalue weighted by atomic mass is 16.5. The Morgan fingerprint density at radius 2 is 1.79 bits per heavy atom. The van der Waals surface area contributed by atoms with Crippen molar-refractivity contribution in [2.75, 3.05) is 13.7 Å². The summed E-state index contributed by atoms with van der Waals surface area (Å²) in [6.45, 7) is 10.6. The van der Waals surface area contributed by atoms with Crippen LogP contribution in [-0.2, 0) is 0 Å². The van der Waals surface area contributed by atoms with Gasteiger partial charge in [0, 0.05) is 6.04 Å². The zero-order valence-electron chi connectivity index (χ0n) is 12.9. The van der Waals surface area contributed by atoms with Crippen LogP contribution in [-0.4, -0.2) is 24.9 Å². The molecule has 108 valence electrons. The molecular formula is C16H27NO2. The van der Waals surface area contributed by atoms with Gasteiger partial charge in [-0.3, -0.25) is 0 Å². The number of ether oxygens (including phenoxy) is 1. The van der Waals surface area contributed by atoms with E-state index >= 15 is 0 Å². The predicted octanol–water partition coefficient (Wildman–Crippen LogP) is 3.16.